The number of esters is 1. The van der Waals surface area contributed by atoms with Crippen LogP contribution in [0.15, 0.2) is 18.2 Å². The van der Waals surface area contributed by atoms with Gasteiger partial charge < -0.3 is 9.47 Å². The van der Waals surface area contributed by atoms with Crippen LogP contribution in [-0.2, 0) is 4.74 Å². The minimum Gasteiger partial charge on any atom is -0.461 e. The van der Waals surface area contributed by atoms with Gasteiger partial charge in [0.1, 0.15) is 5.75 Å². The summed E-state index contributed by atoms with van der Waals surface area (Å²) in [5, 5.41) is 8.11. The third kappa shape index (κ3) is 3.08. The van der Waals surface area contributed by atoms with Gasteiger partial charge in [-0.05, 0) is 49.3 Å². The second kappa shape index (κ2) is 5.79. The molecule has 0 aliphatic heterocycles. The predicted molar refractivity (Wildman–Crippen MR) is 71.9 cm³/mol. The van der Waals surface area contributed by atoms with E-state index < -0.39 is 5.97 Å². The van der Waals surface area contributed by atoms with E-state index >= 15 is 0 Å². The van der Waals surface area contributed by atoms with E-state index in [1.165, 1.54) is 0 Å². The molecule has 0 saturated heterocycles. The molecule has 0 saturated carbocycles. The molecule has 1 aromatic carbocycles. The number of aromatic nitrogens is 2. The lowest BCUT2D eigenvalue weighted by Crippen LogP contribution is -2.03. The van der Waals surface area contributed by atoms with Crippen LogP contribution in [0, 0.1) is 13.8 Å². The smallest absolute Gasteiger partial charge is 0.369 e. The molecular weight excluding hydrogens is 264 g/mol. The second-order valence-corrected chi connectivity index (χ2v) is 4.83. The quantitative estimate of drug-likeness (QED) is 0.804. The molecule has 100 valence electrons. The van der Waals surface area contributed by atoms with Crippen molar-refractivity contribution in [3.8, 4) is 10.9 Å². The molecule has 6 heteroatoms. The lowest BCUT2D eigenvalue weighted by Gasteiger charge is -2.06. The Morgan fingerprint density at radius 2 is 2.11 bits per heavy atom. The van der Waals surface area contributed by atoms with E-state index in [0.717, 1.165) is 22.5 Å². The maximum Gasteiger partial charge on any atom is 0.369 e. The van der Waals surface area contributed by atoms with Gasteiger partial charge in [0.05, 0.1) is 6.61 Å². The van der Waals surface area contributed by atoms with E-state index in [9.17, 15) is 4.79 Å². The minimum atomic E-state index is -0.476. The van der Waals surface area contributed by atoms with Gasteiger partial charge in [0, 0.05) is 0 Å². The van der Waals surface area contributed by atoms with E-state index in [2.05, 4.69) is 10.2 Å². The van der Waals surface area contributed by atoms with Crippen LogP contribution >= 0.6 is 11.3 Å². The normalized spacial score (nSPS) is 10.3. The Bertz CT molecular complexity index is 595. The summed E-state index contributed by atoms with van der Waals surface area (Å²) in [6.07, 6.45) is 0. The van der Waals surface area contributed by atoms with Gasteiger partial charge in [-0.15, -0.1) is 5.10 Å². The standard InChI is InChI=1S/C13H14N2O3S/c1-4-17-12(16)11-14-15-13(19-11)18-10-7-5-6-8(2)9(10)3/h5-7H,4H2,1-3H3. The zero-order valence-electron chi connectivity index (χ0n) is 11.0. The largest absolute Gasteiger partial charge is 0.461 e. The molecule has 0 aliphatic rings. The highest BCUT2D eigenvalue weighted by molar-refractivity contribution is 7.14. The van der Waals surface area contributed by atoms with Gasteiger partial charge in [0.25, 0.3) is 5.19 Å². The summed E-state index contributed by atoms with van der Waals surface area (Å²) < 4.78 is 10.5. The Hall–Kier alpha value is -1.95. The van der Waals surface area contributed by atoms with Gasteiger partial charge in [-0.3, -0.25) is 0 Å². The fourth-order valence-electron chi connectivity index (χ4n) is 1.46. The number of carbonyl (C=O) groups is 1. The third-order valence-electron chi connectivity index (χ3n) is 2.61. The second-order valence-electron chi connectivity index (χ2n) is 3.89. The lowest BCUT2D eigenvalue weighted by molar-refractivity contribution is 0.0525. The van der Waals surface area contributed by atoms with Crippen molar-refractivity contribution in [1.82, 2.24) is 10.2 Å². The molecule has 1 aromatic heterocycles. The summed E-state index contributed by atoms with van der Waals surface area (Å²) in [4.78, 5) is 11.5. The molecule has 2 rings (SSSR count). The highest BCUT2D eigenvalue weighted by atomic mass is 32.1. The van der Waals surface area contributed by atoms with Gasteiger partial charge in [-0.2, -0.15) is 0 Å². The summed E-state index contributed by atoms with van der Waals surface area (Å²) in [5.74, 6) is 0.238. The lowest BCUT2D eigenvalue weighted by atomic mass is 10.1. The van der Waals surface area contributed by atoms with Crippen molar-refractivity contribution < 1.29 is 14.3 Å². The molecule has 0 radical (unpaired) electrons. The Morgan fingerprint density at radius 3 is 2.84 bits per heavy atom. The van der Waals surface area contributed by atoms with Gasteiger partial charge >= 0.3 is 5.97 Å². The van der Waals surface area contributed by atoms with Crippen LogP contribution in [-0.4, -0.2) is 22.8 Å². The van der Waals surface area contributed by atoms with Crippen LogP contribution in [0.2, 0.25) is 0 Å². The average Bonchev–Trinajstić information content (AvgIpc) is 2.84. The molecule has 19 heavy (non-hydrogen) atoms. The molecule has 0 fully saturated rings. The predicted octanol–water partition coefficient (Wildman–Crippen LogP) is 3.12. The van der Waals surface area contributed by atoms with Crippen LogP contribution in [0.1, 0.15) is 27.9 Å². The Balaban J connectivity index is 2.16. The molecule has 0 bridgehead atoms. The zero-order valence-corrected chi connectivity index (χ0v) is 11.8. The molecule has 0 spiro atoms. The topological polar surface area (TPSA) is 61.3 Å². The molecule has 0 unspecified atom stereocenters. The van der Waals surface area contributed by atoms with Gasteiger partial charge in [-0.1, -0.05) is 17.2 Å². The van der Waals surface area contributed by atoms with E-state index in [-0.39, 0.29) is 5.01 Å². The van der Waals surface area contributed by atoms with Gasteiger partial charge in [0.2, 0.25) is 5.01 Å². The molecule has 2 aromatic rings. The molecule has 0 N–H and O–H groups in total. The van der Waals surface area contributed by atoms with Crippen molar-refractivity contribution >= 4 is 17.3 Å². The first-order valence-electron chi connectivity index (χ1n) is 5.86. The molecule has 5 nitrogen and oxygen atoms in total. The molecule has 0 aliphatic carbocycles. The number of benzene rings is 1. The number of aryl methyl sites for hydroxylation is 1. The summed E-state index contributed by atoms with van der Waals surface area (Å²) in [7, 11) is 0. The summed E-state index contributed by atoms with van der Waals surface area (Å²) in [6.45, 7) is 6.03. The van der Waals surface area contributed by atoms with Gasteiger partial charge in [0.15, 0.2) is 0 Å². The SMILES string of the molecule is CCOC(=O)c1nnc(Oc2cccc(C)c2C)s1. The third-order valence-corrected chi connectivity index (χ3v) is 3.39. The number of hydrogen-bond donors (Lipinski definition) is 0. The van der Waals surface area contributed by atoms with Crippen molar-refractivity contribution in [2.24, 2.45) is 0 Å². The molecule has 0 amide bonds. The monoisotopic (exact) mass is 278 g/mol. The van der Waals surface area contributed by atoms with Crippen LogP contribution in [0.5, 0.6) is 10.9 Å². The van der Waals surface area contributed by atoms with Crippen molar-refractivity contribution in [3.63, 3.8) is 0 Å². The van der Waals surface area contributed by atoms with Crippen molar-refractivity contribution in [3.05, 3.63) is 34.3 Å². The van der Waals surface area contributed by atoms with Gasteiger partial charge in [-0.25, -0.2) is 4.79 Å². The maximum absolute atomic E-state index is 11.5. The Kier molecular flexibility index (Phi) is 4.11. The fourth-order valence-corrected chi connectivity index (χ4v) is 2.06. The number of ether oxygens (including phenoxy) is 2. The first-order chi connectivity index (χ1) is 9.11. The first kappa shape index (κ1) is 13.5. The van der Waals surface area contributed by atoms with E-state index in [1.54, 1.807) is 6.92 Å². The number of hydrogen-bond acceptors (Lipinski definition) is 6. The minimum absolute atomic E-state index is 0.196. The Morgan fingerprint density at radius 1 is 1.32 bits per heavy atom. The van der Waals surface area contributed by atoms with E-state index in [0.29, 0.717) is 17.6 Å². The zero-order chi connectivity index (χ0) is 13.8. The van der Waals surface area contributed by atoms with E-state index in [4.69, 9.17) is 9.47 Å². The molecular formula is C13H14N2O3S. The maximum atomic E-state index is 11.5. The van der Waals surface area contributed by atoms with Crippen molar-refractivity contribution in [2.45, 2.75) is 20.8 Å². The first-order valence-corrected chi connectivity index (χ1v) is 6.68. The number of carbonyl (C=O) groups excluding carboxylic acids is 1. The summed E-state index contributed by atoms with van der Waals surface area (Å²) >= 11 is 1.07. The fraction of sp³-hybridized carbons (Fsp3) is 0.308. The average molecular weight is 278 g/mol. The van der Waals surface area contributed by atoms with Crippen molar-refractivity contribution in [2.75, 3.05) is 6.61 Å². The molecule has 1 heterocycles. The van der Waals surface area contributed by atoms with E-state index in [1.807, 2.05) is 32.0 Å². The highest BCUT2D eigenvalue weighted by Crippen LogP contribution is 2.29. The van der Waals surface area contributed by atoms with Crippen LogP contribution in [0.3, 0.4) is 0 Å². The summed E-state index contributed by atoms with van der Waals surface area (Å²) in [5.41, 5.74) is 2.17. The van der Waals surface area contributed by atoms with Crippen LogP contribution in [0.4, 0.5) is 0 Å². The Labute approximate surface area is 115 Å². The molecule has 0 atom stereocenters. The highest BCUT2D eigenvalue weighted by Gasteiger charge is 2.15. The summed E-state index contributed by atoms with van der Waals surface area (Å²) in [6, 6.07) is 5.77. The van der Waals surface area contributed by atoms with Crippen LogP contribution < -0.4 is 4.74 Å². The van der Waals surface area contributed by atoms with Crippen molar-refractivity contribution in [1.29, 1.82) is 0 Å². The van der Waals surface area contributed by atoms with Crippen LogP contribution in [0.25, 0.3) is 0 Å². The number of nitrogens with zero attached hydrogens (tertiary/aromatic N) is 2. The number of rotatable bonds is 4.